The Kier molecular flexibility index (Phi) is 5.00. The first-order valence-corrected chi connectivity index (χ1v) is 11.2. The SMILES string of the molecule is NP(N)(=O)NS(=O)(=O)c1cccc(SP(N)(N)=O)c1. The fourth-order valence-electron chi connectivity index (χ4n) is 1.10. The normalized spacial score (nSPS) is 13.5. The van der Waals surface area contributed by atoms with E-state index in [4.69, 9.17) is 22.0 Å². The Balaban J connectivity index is 3.13. The number of nitrogens with one attached hydrogen (secondary N) is 1. The Morgan fingerprint density at radius 3 is 2.16 bits per heavy atom. The standard InChI is InChI=1S/C6H13N5O4P2S2/c7-16(8,12)11-19(14,15)6-3-1-2-5(4-6)18-17(9,10)13/h1-4H,(H4,9,10,13)(H5,7,8,11,12). The third-order valence-corrected chi connectivity index (χ3v) is 6.84. The summed E-state index contributed by atoms with van der Waals surface area (Å²) in [6, 6.07) is 5.24. The minimum Gasteiger partial charge on any atom is -0.277 e. The summed E-state index contributed by atoms with van der Waals surface area (Å²) in [5.41, 5.74) is 20.3. The lowest BCUT2D eigenvalue weighted by Crippen LogP contribution is -2.28. The molecular weight excluding hydrogens is 332 g/mol. The van der Waals surface area contributed by atoms with E-state index in [0.717, 1.165) is 6.07 Å². The highest BCUT2D eigenvalue weighted by Crippen LogP contribution is 2.48. The molecule has 9 nitrogen and oxygen atoms in total. The first kappa shape index (κ1) is 16.8. The molecule has 0 aromatic heterocycles. The van der Waals surface area contributed by atoms with E-state index < -0.39 is 24.3 Å². The molecule has 0 unspecified atom stereocenters. The van der Waals surface area contributed by atoms with Gasteiger partial charge in [0.1, 0.15) is 0 Å². The average molecular weight is 345 g/mol. The topological polar surface area (TPSA) is 184 Å². The Hall–Kier alpha value is -0.220. The van der Waals surface area contributed by atoms with Crippen LogP contribution in [0.2, 0.25) is 0 Å². The van der Waals surface area contributed by atoms with Crippen LogP contribution < -0.4 is 26.5 Å². The molecule has 108 valence electrons. The molecule has 0 saturated carbocycles. The first-order valence-electron chi connectivity index (χ1n) is 4.57. The zero-order chi connectivity index (χ0) is 14.9. The maximum atomic E-state index is 11.8. The van der Waals surface area contributed by atoms with Crippen LogP contribution in [0.5, 0.6) is 0 Å². The van der Waals surface area contributed by atoms with Gasteiger partial charge in [-0.1, -0.05) is 6.07 Å². The molecule has 0 amide bonds. The van der Waals surface area contributed by atoms with Crippen LogP contribution in [0.15, 0.2) is 34.1 Å². The van der Waals surface area contributed by atoms with E-state index in [9.17, 15) is 17.5 Å². The van der Waals surface area contributed by atoms with Crippen molar-refractivity contribution < 1.29 is 17.5 Å². The van der Waals surface area contributed by atoms with Crippen molar-refractivity contribution in [3.63, 3.8) is 0 Å². The number of sulfonamides is 1. The molecule has 1 aromatic carbocycles. The summed E-state index contributed by atoms with van der Waals surface area (Å²) < 4.78 is 47.5. The zero-order valence-electron chi connectivity index (χ0n) is 9.46. The third-order valence-electron chi connectivity index (χ3n) is 1.63. The molecule has 13 heteroatoms. The molecule has 0 radical (unpaired) electrons. The number of rotatable bonds is 5. The highest BCUT2D eigenvalue weighted by atomic mass is 32.7. The highest BCUT2D eigenvalue weighted by Gasteiger charge is 2.23. The molecule has 0 fully saturated rings. The van der Waals surface area contributed by atoms with Gasteiger partial charge in [-0.05, 0) is 29.6 Å². The molecule has 0 atom stereocenters. The van der Waals surface area contributed by atoms with Crippen molar-refractivity contribution in [3.8, 4) is 0 Å². The van der Waals surface area contributed by atoms with E-state index in [1.165, 1.54) is 18.2 Å². The van der Waals surface area contributed by atoms with Gasteiger partial charge in [-0.25, -0.2) is 8.42 Å². The molecule has 0 bridgehead atoms. The van der Waals surface area contributed by atoms with Gasteiger partial charge in [0.2, 0.25) is 10.0 Å². The molecule has 19 heavy (non-hydrogen) atoms. The molecule has 9 N–H and O–H groups in total. The summed E-state index contributed by atoms with van der Waals surface area (Å²) >= 11 is 0.636. The molecular formula is C6H13N5O4P2S2. The first-order chi connectivity index (χ1) is 8.39. The van der Waals surface area contributed by atoms with E-state index >= 15 is 0 Å². The summed E-state index contributed by atoms with van der Waals surface area (Å²) in [7, 11) is -8.10. The summed E-state index contributed by atoms with van der Waals surface area (Å²) in [6.07, 6.45) is 0. The lowest BCUT2D eigenvalue weighted by atomic mass is 10.4. The van der Waals surface area contributed by atoms with Gasteiger partial charge in [0.05, 0.1) is 4.90 Å². The van der Waals surface area contributed by atoms with Crippen LogP contribution in [0.3, 0.4) is 0 Å². The highest BCUT2D eigenvalue weighted by molar-refractivity contribution is 8.56. The van der Waals surface area contributed by atoms with Crippen LogP contribution in [-0.2, 0) is 19.2 Å². The van der Waals surface area contributed by atoms with Crippen LogP contribution >= 0.6 is 25.6 Å². The van der Waals surface area contributed by atoms with Gasteiger partial charge in [0.15, 0.2) is 0 Å². The fourth-order valence-corrected chi connectivity index (χ4v) is 5.62. The molecule has 1 aromatic rings. The number of hydrogen-bond donors (Lipinski definition) is 5. The van der Waals surface area contributed by atoms with E-state index in [1.807, 2.05) is 0 Å². The van der Waals surface area contributed by atoms with Crippen molar-refractivity contribution in [1.82, 2.24) is 4.49 Å². The molecule has 0 saturated heterocycles. The molecule has 0 spiro atoms. The molecule has 0 aliphatic rings. The largest absolute Gasteiger partial charge is 0.287 e. The van der Waals surface area contributed by atoms with Gasteiger partial charge in [-0.2, -0.15) is 0 Å². The van der Waals surface area contributed by atoms with Crippen LogP contribution in [0, 0.1) is 0 Å². The zero-order valence-corrected chi connectivity index (χ0v) is 12.9. The second-order valence-corrected chi connectivity index (χ2v) is 11.3. The third kappa shape index (κ3) is 6.17. The molecule has 0 heterocycles. The molecule has 0 aliphatic carbocycles. The van der Waals surface area contributed by atoms with E-state index in [1.54, 1.807) is 4.49 Å². The van der Waals surface area contributed by atoms with Gasteiger partial charge in [-0.3, -0.25) is 31.1 Å². The fraction of sp³-hybridized carbons (Fsp3) is 0. The Bertz CT molecular complexity index is 666. The molecule has 1 rings (SSSR count). The quantitative estimate of drug-likeness (QED) is 0.462. The van der Waals surface area contributed by atoms with E-state index in [2.05, 4.69) is 0 Å². The van der Waals surface area contributed by atoms with Gasteiger partial charge in [0.25, 0.3) is 14.2 Å². The Morgan fingerprint density at radius 1 is 1.11 bits per heavy atom. The predicted octanol–water partition coefficient (Wildman–Crippen LogP) is 0.108. The summed E-state index contributed by atoms with van der Waals surface area (Å²) in [6.45, 7) is -3.40. The van der Waals surface area contributed by atoms with Crippen molar-refractivity contribution in [2.75, 3.05) is 0 Å². The smallest absolute Gasteiger partial charge is 0.277 e. The van der Waals surface area contributed by atoms with Crippen molar-refractivity contribution in [2.45, 2.75) is 9.79 Å². The second-order valence-electron chi connectivity index (χ2n) is 3.52. The number of benzene rings is 1. The summed E-state index contributed by atoms with van der Waals surface area (Å²) in [5.74, 6) is 0. The van der Waals surface area contributed by atoms with Crippen molar-refractivity contribution in [3.05, 3.63) is 24.3 Å². The van der Waals surface area contributed by atoms with Gasteiger partial charge < -0.3 is 0 Å². The Morgan fingerprint density at radius 2 is 1.68 bits per heavy atom. The van der Waals surface area contributed by atoms with Gasteiger partial charge in [-0.15, -0.1) is 4.49 Å². The van der Waals surface area contributed by atoms with Crippen LogP contribution in [0.25, 0.3) is 0 Å². The van der Waals surface area contributed by atoms with Crippen LogP contribution in [0.4, 0.5) is 0 Å². The van der Waals surface area contributed by atoms with E-state index in [0.29, 0.717) is 11.4 Å². The lowest BCUT2D eigenvalue weighted by molar-refractivity contribution is 0.566. The minimum absolute atomic E-state index is 0.248. The summed E-state index contributed by atoms with van der Waals surface area (Å²) in [4.78, 5) is 0.0298. The average Bonchev–Trinajstić information content (AvgIpc) is 2.11. The van der Waals surface area contributed by atoms with Crippen LogP contribution in [-0.4, -0.2) is 8.42 Å². The van der Waals surface area contributed by atoms with Crippen molar-refractivity contribution in [1.29, 1.82) is 0 Å². The summed E-state index contributed by atoms with van der Waals surface area (Å²) in [5, 5.41) is 0. The van der Waals surface area contributed by atoms with Gasteiger partial charge in [0, 0.05) is 4.90 Å². The lowest BCUT2D eigenvalue weighted by Gasteiger charge is -2.11. The van der Waals surface area contributed by atoms with Crippen molar-refractivity contribution >= 4 is 35.6 Å². The van der Waals surface area contributed by atoms with Crippen LogP contribution in [0.1, 0.15) is 0 Å². The van der Waals surface area contributed by atoms with Gasteiger partial charge >= 0.3 is 0 Å². The van der Waals surface area contributed by atoms with Crippen molar-refractivity contribution in [2.24, 2.45) is 22.0 Å². The number of nitrogens with two attached hydrogens (primary N) is 4. The Labute approximate surface area is 114 Å². The maximum absolute atomic E-state index is 11.8. The molecule has 0 aliphatic heterocycles. The predicted molar refractivity (Wildman–Crippen MR) is 74.6 cm³/mol. The maximum Gasteiger partial charge on any atom is 0.287 e. The monoisotopic (exact) mass is 345 g/mol. The van der Waals surface area contributed by atoms with E-state index in [-0.39, 0.29) is 9.79 Å². The second kappa shape index (κ2) is 5.65. The number of hydrogen-bond acceptors (Lipinski definition) is 5. The minimum atomic E-state index is -4.14.